The van der Waals surface area contributed by atoms with Crippen molar-refractivity contribution in [3.8, 4) is 22.4 Å². The van der Waals surface area contributed by atoms with Gasteiger partial charge in [0.15, 0.2) is 0 Å². The Morgan fingerprint density at radius 3 is 2.26 bits per heavy atom. The maximum atomic E-state index is 3.37. The molecule has 0 saturated heterocycles. The molecule has 0 bridgehead atoms. The van der Waals surface area contributed by atoms with E-state index in [1.807, 2.05) is 0 Å². The van der Waals surface area contributed by atoms with Crippen LogP contribution in [0.1, 0.15) is 11.1 Å². The molecular formula is C18H17N. The number of benzene rings is 2. The Morgan fingerprint density at radius 2 is 1.53 bits per heavy atom. The van der Waals surface area contributed by atoms with E-state index in [1.54, 1.807) is 0 Å². The molecule has 94 valence electrons. The average molecular weight is 247 g/mol. The first-order chi connectivity index (χ1) is 9.24. The van der Waals surface area contributed by atoms with Gasteiger partial charge in [-0.25, -0.2) is 0 Å². The van der Waals surface area contributed by atoms with Crippen LogP contribution in [0.3, 0.4) is 0 Å². The quantitative estimate of drug-likeness (QED) is 0.658. The molecule has 1 heterocycles. The van der Waals surface area contributed by atoms with Crippen LogP contribution in [0.4, 0.5) is 0 Å². The van der Waals surface area contributed by atoms with Crippen molar-refractivity contribution >= 4 is 0 Å². The zero-order valence-electron chi connectivity index (χ0n) is 11.3. The van der Waals surface area contributed by atoms with Gasteiger partial charge >= 0.3 is 0 Å². The number of hydrogen-bond acceptors (Lipinski definition) is 0. The van der Waals surface area contributed by atoms with Crippen LogP contribution in [0.15, 0.2) is 60.8 Å². The number of aromatic nitrogens is 1. The van der Waals surface area contributed by atoms with E-state index in [0.717, 1.165) is 0 Å². The van der Waals surface area contributed by atoms with Crippen LogP contribution in [0, 0.1) is 13.8 Å². The highest BCUT2D eigenvalue weighted by molar-refractivity contribution is 5.73. The van der Waals surface area contributed by atoms with Crippen LogP contribution in [0.25, 0.3) is 22.4 Å². The molecule has 1 aromatic heterocycles. The zero-order valence-corrected chi connectivity index (χ0v) is 11.3. The number of aromatic amines is 1. The van der Waals surface area contributed by atoms with E-state index < -0.39 is 0 Å². The molecule has 0 aliphatic carbocycles. The van der Waals surface area contributed by atoms with Gasteiger partial charge in [-0.2, -0.15) is 0 Å². The van der Waals surface area contributed by atoms with Crippen LogP contribution in [0.5, 0.6) is 0 Å². The number of nitrogens with one attached hydrogen (secondary N) is 1. The van der Waals surface area contributed by atoms with E-state index in [9.17, 15) is 0 Å². The van der Waals surface area contributed by atoms with Crippen LogP contribution < -0.4 is 0 Å². The van der Waals surface area contributed by atoms with Gasteiger partial charge in [0.05, 0.1) is 0 Å². The molecule has 2 aromatic carbocycles. The minimum absolute atomic E-state index is 1.17. The molecule has 0 amide bonds. The van der Waals surface area contributed by atoms with Gasteiger partial charge in [0.1, 0.15) is 0 Å². The lowest BCUT2D eigenvalue weighted by Crippen LogP contribution is -1.79. The van der Waals surface area contributed by atoms with Crippen molar-refractivity contribution < 1.29 is 0 Å². The third-order valence-corrected chi connectivity index (χ3v) is 3.50. The highest BCUT2D eigenvalue weighted by Crippen LogP contribution is 2.28. The maximum absolute atomic E-state index is 3.37. The summed E-state index contributed by atoms with van der Waals surface area (Å²) in [4.78, 5) is 3.37. The molecule has 0 atom stereocenters. The number of hydrogen-bond donors (Lipinski definition) is 1. The fraction of sp³-hybridized carbons (Fsp3) is 0.111. The van der Waals surface area contributed by atoms with Crippen molar-refractivity contribution in [1.82, 2.24) is 4.98 Å². The highest BCUT2D eigenvalue weighted by atomic mass is 14.7. The van der Waals surface area contributed by atoms with Gasteiger partial charge in [0.2, 0.25) is 0 Å². The normalized spacial score (nSPS) is 10.6. The van der Waals surface area contributed by atoms with Gasteiger partial charge in [0, 0.05) is 17.5 Å². The summed E-state index contributed by atoms with van der Waals surface area (Å²) in [5, 5.41) is 0. The molecular weight excluding hydrogens is 230 g/mol. The Bertz CT molecular complexity index is 690. The fourth-order valence-corrected chi connectivity index (χ4v) is 2.35. The molecule has 19 heavy (non-hydrogen) atoms. The molecule has 1 heteroatoms. The molecule has 3 rings (SSSR count). The Morgan fingerprint density at radius 1 is 0.789 bits per heavy atom. The Hall–Kier alpha value is -2.28. The van der Waals surface area contributed by atoms with E-state index in [2.05, 4.69) is 79.6 Å². The number of H-pyrrole nitrogens is 1. The Balaban J connectivity index is 2.00. The lowest BCUT2D eigenvalue weighted by Gasteiger charge is -2.01. The molecule has 0 aliphatic rings. The standard InChI is InChI=1S/C18H17N/c1-13-7-9-15(10-8-13)18-11-16(12-19-18)17-6-4-3-5-14(17)2/h3-12,19H,1-2H3. The first kappa shape index (κ1) is 11.8. The monoisotopic (exact) mass is 247 g/mol. The molecule has 3 aromatic rings. The van der Waals surface area contributed by atoms with E-state index in [-0.39, 0.29) is 0 Å². The molecule has 0 radical (unpaired) electrons. The largest absolute Gasteiger partial charge is 0.361 e. The Labute approximate surface area is 113 Å². The van der Waals surface area contributed by atoms with Crippen molar-refractivity contribution in [2.24, 2.45) is 0 Å². The van der Waals surface area contributed by atoms with Crippen LogP contribution in [-0.4, -0.2) is 4.98 Å². The molecule has 1 N–H and O–H groups in total. The molecule has 0 fully saturated rings. The Kier molecular flexibility index (Phi) is 2.96. The van der Waals surface area contributed by atoms with Gasteiger partial charge in [-0.05, 0) is 36.6 Å². The second-order valence-electron chi connectivity index (χ2n) is 4.98. The summed E-state index contributed by atoms with van der Waals surface area (Å²) in [6.45, 7) is 4.26. The average Bonchev–Trinajstić information content (AvgIpc) is 2.89. The van der Waals surface area contributed by atoms with Crippen molar-refractivity contribution in [1.29, 1.82) is 0 Å². The van der Waals surface area contributed by atoms with Crippen LogP contribution in [-0.2, 0) is 0 Å². The van der Waals surface area contributed by atoms with E-state index in [1.165, 1.54) is 33.5 Å². The molecule has 1 nitrogen and oxygen atoms in total. The summed E-state index contributed by atoms with van der Waals surface area (Å²) in [6.07, 6.45) is 2.08. The predicted molar refractivity (Wildman–Crippen MR) is 81.1 cm³/mol. The predicted octanol–water partition coefficient (Wildman–Crippen LogP) is 4.97. The molecule has 0 saturated carbocycles. The third kappa shape index (κ3) is 2.32. The highest BCUT2D eigenvalue weighted by Gasteiger charge is 2.05. The summed E-state index contributed by atoms with van der Waals surface area (Å²) < 4.78 is 0. The van der Waals surface area contributed by atoms with Gasteiger partial charge in [-0.3, -0.25) is 0 Å². The van der Waals surface area contributed by atoms with Gasteiger partial charge in [0.25, 0.3) is 0 Å². The van der Waals surface area contributed by atoms with Crippen LogP contribution in [0.2, 0.25) is 0 Å². The van der Waals surface area contributed by atoms with E-state index in [4.69, 9.17) is 0 Å². The number of aryl methyl sites for hydroxylation is 2. The van der Waals surface area contributed by atoms with Crippen LogP contribution >= 0.6 is 0 Å². The second-order valence-corrected chi connectivity index (χ2v) is 4.98. The van der Waals surface area contributed by atoms with Crippen molar-refractivity contribution in [3.05, 3.63) is 71.9 Å². The van der Waals surface area contributed by atoms with Crippen molar-refractivity contribution in [3.63, 3.8) is 0 Å². The number of rotatable bonds is 2. The van der Waals surface area contributed by atoms with Gasteiger partial charge < -0.3 is 4.98 Å². The van der Waals surface area contributed by atoms with Crippen molar-refractivity contribution in [2.75, 3.05) is 0 Å². The third-order valence-electron chi connectivity index (χ3n) is 3.50. The maximum Gasteiger partial charge on any atom is 0.0460 e. The van der Waals surface area contributed by atoms with Gasteiger partial charge in [-0.15, -0.1) is 0 Å². The summed E-state index contributed by atoms with van der Waals surface area (Å²) >= 11 is 0. The molecule has 0 aliphatic heterocycles. The lowest BCUT2D eigenvalue weighted by molar-refractivity contribution is 1.38. The fourth-order valence-electron chi connectivity index (χ4n) is 2.35. The topological polar surface area (TPSA) is 15.8 Å². The van der Waals surface area contributed by atoms with E-state index in [0.29, 0.717) is 0 Å². The first-order valence-electron chi connectivity index (χ1n) is 6.55. The molecule has 0 unspecified atom stereocenters. The smallest absolute Gasteiger partial charge is 0.0460 e. The SMILES string of the molecule is Cc1ccc(-c2cc(-c3ccccc3C)c[nH]2)cc1. The first-order valence-corrected chi connectivity index (χ1v) is 6.55. The summed E-state index contributed by atoms with van der Waals surface area (Å²) in [6, 6.07) is 19.3. The lowest BCUT2D eigenvalue weighted by atomic mass is 10.0. The summed E-state index contributed by atoms with van der Waals surface area (Å²) in [5.41, 5.74) is 7.51. The molecule has 0 spiro atoms. The minimum atomic E-state index is 1.17. The second kappa shape index (κ2) is 4.77. The summed E-state index contributed by atoms with van der Waals surface area (Å²) in [7, 11) is 0. The van der Waals surface area contributed by atoms with Gasteiger partial charge in [-0.1, -0.05) is 54.1 Å². The van der Waals surface area contributed by atoms with E-state index >= 15 is 0 Å². The van der Waals surface area contributed by atoms with Crippen molar-refractivity contribution in [2.45, 2.75) is 13.8 Å². The zero-order chi connectivity index (χ0) is 13.2. The summed E-state index contributed by atoms with van der Waals surface area (Å²) in [5.74, 6) is 0. The minimum Gasteiger partial charge on any atom is -0.361 e.